The Morgan fingerprint density at radius 2 is 2.12 bits per heavy atom. The molecule has 16 heavy (non-hydrogen) atoms. The van der Waals surface area contributed by atoms with Crippen LogP contribution in [0.5, 0.6) is 0 Å². The smallest absolute Gasteiger partial charge is 0.130 e. The number of benzene rings is 1. The van der Waals surface area contributed by atoms with Crippen molar-refractivity contribution < 1.29 is 8.78 Å². The molecule has 1 atom stereocenters. The third-order valence-electron chi connectivity index (χ3n) is 3.18. The van der Waals surface area contributed by atoms with Crippen molar-refractivity contribution in [1.82, 2.24) is 0 Å². The van der Waals surface area contributed by atoms with Crippen LogP contribution in [0.15, 0.2) is 18.2 Å². The van der Waals surface area contributed by atoms with E-state index in [1.165, 1.54) is 12.1 Å². The third-order valence-corrected chi connectivity index (χ3v) is 3.53. The first-order valence-electron chi connectivity index (χ1n) is 5.39. The van der Waals surface area contributed by atoms with Gasteiger partial charge >= 0.3 is 0 Å². The molecule has 1 aromatic rings. The molecule has 0 radical (unpaired) electrons. The molecule has 0 saturated heterocycles. The van der Waals surface area contributed by atoms with Crippen molar-refractivity contribution in [2.45, 2.75) is 24.9 Å². The highest BCUT2D eigenvalue weighted by Gasteiger charge is 2.45. The molecular weight excluding hydrogens is 232 g/mol. The molecule has 2 rings (SSSR count). The minimum absolute atomic E-state index is 0.0281. The Balaban J connectivity index is 2.25. The molecular formula is C12H14ClF2N. The Kier molecular flexibility index (Phi) is 3.17. The zero-order chi connectivity index (χ0) is 11.8. The molecule has 1 aliphatic carbocycles. The normalized spacial score (nSPS) is 19.5. The van der Waals surface area contributed by atoms with Gasteiger partial charge in [0.2, 0.25) is 0 Å². The van der Waals surface area contributed by atoms with Crippen LogP contribution >= 0.6 is 11.6 Å². The molecule has 0 amide bonds. The van der Waals surface area contributed by atoms with Gasteiger partial charge in [0, 0.05) is 23.6 Å². The summed E-state index contributed by atoms with van der Waals surface area (Å²) in [6, 6.07) is 4.38. The Morgan fingerprint density at radius 3 is 2.62 bits per heavy atom. The maximum absolute atomic E-state index is 14.4. The van der Waals surface area contributed by atoms with Crippen LogP contribution in [0.2, 0.25) is 5.02 Å². The summed E-state index contributed by atoms with van der Waals surface area (Å²) in [7, 11) is 0. The number of halogens is 3. The summed E-state index contributed by atoms with van der Waals surface area (Å²) in [6.45, 7) is -0.0810. The molecule has 1 nitrogen and oxygen atoms in total. The fourth-order valence-electron chi connectivity index (χ4n) is 1.98. The Morgan fingerprint density at radius 1 is 1.44 bits per heavy atom. The van der Waals surface area contributed by atoms with Gasteiger partial charge in [0.1, 0.15) is 11.5 Å². The van der Waals surface area contributed by atoms with Gasteiger partial charge in [-0.1, -0.05) is 17.7 Å². The molecule has 1 saturated carbocycles. The molecule has 2 N–H and O–H groups in total. The quantitative estimate of drug-likeness (QED) is 0.867. The molecule has 0 heterocycles. The number of nitrogens with two attached hydrogens (primary N) is 1. The van der Waals surface area contributed by atoms with E-state index in [0.29, 0.717) is 0 Å². The summed E-state index contributed by atoms with van der Waals surface area (Å²) in [5.74, 6) is -0.489. The van der Waals surface area contributed by atoms with Crippen molar-refractivity contribution in [2.24, 2.45) is 11.7 Å². The number of hydrogen-bond acceptors (Lipinski definition) is 1. The molecule has 1 fully saturated rings. The lowest BCUT2D eigenvalue weighted by Crippen LogP contribution is -2.38. The Labute approximate surface area is 98.6 Å². The first kappa shape index (κ1) is 11.8. The van der Waals surface area contributed by atoms with Crippen molar-refractivity contribution in [3.05, 3.63) is 34.6 Å². The molecule has 4 heteroatoms. The molecule has 0 aliphatic heterocycles. The predicted molar refractivity (Wildman–Crippen MR) is 60.7 cm³/mol. The second-order valence-electron chi connectivity index (χ2n) is 4.39. The van der Waals surface area contributed by atoms with Gasteiger partial charge in [-0.15, -0.1) is 0 Å². The molecule has 1 aliphatic rings. The largest absolute Gasteiger partial charge is 0.328 e. The highest BCUT2D eigenvalue weighted by Crippen LogP contribution is 2.44. The monoisotopic (exact) mass is 245 g/mol. The second-order valence-corrected chi connectivity index (χ2v) is 4.80. The van der Waals surface area contributed by atoms with Crippen LogP contribution in [-0.4, -0.2) is 12.2 Å². The van der Waals surface area contributed by atoms with E-state index in [-0.39, 0.29) is 29.5 Å². The van der Waals surface area contributed by atoms with E-state index in [0.717, 1.165) is 12.8 Å². The summed E-state index contributed by atoms with van der Waals surface area (Å²) in [6.07, 6.45) is 1.64. The molecule has 0 spiro atoms. The molecule has 1 unspecified atom stereocenters. The molecule has 0 aromatic heterocycles. The SMILES string of the molecule is NCC(F)(Cc1c(F)cccc1Cl)C1CC1. The topological polar surface area (TPSA) is 26.0 Å². The summed E-state index contributed by atoms with van der Waals surface area (Å²) in [5, 5.41) is 0.274. The Bertz CT molecular complexity index is 372. The van der Waals surface area contributed by atoms with Gasteiger partial charge in [-0.25, -0.2) is 8.78 Å². The summed E-state index contributed by atoms with van der Waals surface area (Å²) in [5.41, 5.74) is 4.19. The van der Waals surface area contributed by atoms with Crippen molar-refractivity contribution >= 4 is 11.6 Å². The second kappa shape index (κ2) is 4.30. The summed E-state index contributed by atoms with van der Waals surface area (Å²) < 4.78 is 27.9. The fraction of sp³-hybridized carbons (Fsp3) is 0.500. The average Bonchev–Trinajstić information content (AvgIpc) is 3.07. The number of alkyl halides is 1. The number of rotatable bonds is 4. The van der Waals surface area contributed by atoms with Crippen LogP contribution in [0.1, 0.15) is 18.4 Å². The minimum atomic E-state index is -1.51. The summed E-state index contributed by atoms with van der Waals surface area (Å²) in [4.78, 5) is 0. The standard InChI is InChI=1S/C12H14ClF2N/c13-10-2-1-3-11(14)9(10)6-12(15,7-16)8-4-5-8/h1-3,8H,4-7,16H2. The van der Waals surface area contributed by atoms with E-state index >= 15 is 0 Å². The van der Waals surface area contributed by atoms with E-state index in [4.69, 9.17) is 17.3 Å². The fourth-order valence-corrected chi connectivity index (χ4v) is 2.21. The maximum atomic E-state index is 14.4. The first-order chi connectivity index (χ1) is 7.57. The van der Waals surface area contributed by atoms with Gasteiger partial charge in [0.05, 0.1) is 0 Å². The average molecular weight is 246 g/mol. The van der Waals surface area contributed by atoms with Gasteiger partial charge in [0.25, 0.3) is 0 Å². The lowest BCUT2D eigenvalue weighted by Gasteiger charge is -2.24. The van der Waals surface area contributed by atoms with E-state index in [1.807, 2.05) is 0 Å². The zero-order valence-electron chi connectivity index (χ0n) is 8.85. The summed E-state index contributed by atoms with van der Waals surface area (Å²) >= 11 is 5.87. The van der Waals surface area contributed by atoms with Crippen molar-refractivity contribution in [1.29, 1.82) is 0 Å². The van der Waals surface area contributed by atoms with E-state index in [1.54, 1.807) is 6.07 Å². The van der Waals surface area contributed by atoms with Crippen LogP contribution < -0.4 is 5.73 Å². The maximum Gasteiger partial charge on any atom is 0.130 e. The highest BCUT2D eigenvalue weighted by atomic mass is 35.5. The molecule has 0 bridgehead atoms. The van der Waals surface area contributed by atoms with E-state index in [9.17, 15) is 8.78 Å². The predicted octanol–water partition coefficient (Wildman–Crippen LogP) is 3.10. The molecule has 88 valence electrons. The third kappa shape index (κ3) is 2.20. The zero-order valence-corrected chi connectivity index (χ0v) is 9.61. The highest BCUT2D eigenvalue weighted by molar-refractivity contribution is 6.31. The van der Waals surface area contributed by atoms with Crippen molar-refractivity contribution in [3.8, 4) is 0 Å². The van der Waals surface area contributed by atoms with Gasteiger partial charge in [0.15, 0.2) is 0 Å². The van der Waals surface area contributed by atoms with E-state index < -0.39 is 11.5 Å². The van der Waals surface area contributed by atoms with E-state index in [2.05, 4.69) is 0 Å². The lowest BCUT2D eigenvalue weighted by molar-refractivity contribution is 0.141. The van der Waals surface area contributed by atoms with Crippen LogP contribution in [0.3, 0.4) is 0 Å². The Hall–Kier alpha value is -0.670. The van der Waals surface area contributed by atoms with Crippen LogP contribution in [0.4, 0.5) is 8.78 Å². The van der Waals surface area contributed by atoms with Crippen LogP contribution in [-0.2, 0) is 6.42 Å². The van der Waals surface area contributed by atoms with Crippen LogP contribution in [0, 0.1) is 11.7 Å². The van der Waals surface area contributed by atoms with Crippen molar-refractivity contribution in [2.75, 3.05) is 6.54 Å². The molecule has 1 aromatic carbocycles. The minimum Gasteiger partial charge on any atom is -0.328 e. The lowest BCUT2D eigenvalue weighted by atomic mass is 9.91. The first-order valence-corrected chi connectivity index (χ1v) is 5.76. The van der Waals surface area contributed by atoms with Gasteiger partial charge in [-0.2, -0.15) is 0 Å². The van der Waals surface area contributed by atoms with Gasteiger partial charge in [-0.05, 0) is 30.9 Å². The van der Waals surface area contributed by atoms with Gasteiger partial charge in [-0.3, -0.25) is 0 Å². The van der Waals surface area contributed by atoms with Gasteiger partial charge < -0.3 is 5.73 Å². The van der Waals surface area contributed by atoms with Crippen LogP contribution in [0.25, 0.3) is 0 Å². The van der Waals surface area contributed by atoms with Crippen molar-refractivity contribution in [3.63, 3.8) is 0 Å². The number of hydrogen-bond donors (Lipinski definition) is 1.